The molecule has 2 aromatic heterocycles. The number of nitrogens with one attached hydrogen (secondary N) is 1. The van der Waals surface area contributed by atoms with Crippen LogP contribution in [0.15, 0.2) is 79.1 Å². The minimum absolute atomic E-state index is 0.0626. The summed E-state index contributed by atoms with van der Waals surface area (Å²) >= 11 is 0. The zero-order chi connectivity index (χ0) is 21.2. The van der Waals surface area contributed by atoms with E-state index in [0.717, 1.165) is 33.7 Å². The molecular formula is C25H22N4O2. The van der Waals surface area contributed by atoms with Crippen molar-refractivity contribution in [3.63, 3.8) is 0 Å². The SMILES string of the molecule is CCOc1ccc(C2c3c(-c4ccccc4)n[nH]c3C(=O)N2Cc2cccnc2)cc1. The number of ether oxygens (including phenoxy) is 1. The van der Waals surface area contributed by atoms with Crippen LogP contribution in [-0.4, -0.2) is 32.6 Å². The maximum absolute atomic E-state index is 13.4. The number of carbonyl (C=O) groups is 1. The zero-order valence-electron chi connectivity index (χ0n) is 17.2. The Balaban J connectivity index is 1.61. The van der Waals surface area contributed by atoms with Crippen molar-refractivity contribution >= 4 is 5.91 Å². The minimum atomic E-state index is -0.257. The van der Waals surface area contributed by atoms with Crippen LogP contribution in [0.3, 0.4) is 0 Å². The lowest BCUT2D eigenvalue weighted by Gasteiger charge is -2.26. The number of hydrogen-bond donors (Lipinski definition) is 1. The van der Waals surface area contributed by atoms with Gasteiger partial charge in [0.05, 0.1) is 18.3 Å². The number of aromatic amines is 1. The smallest absolute Gasteiger partial charge is 0.273 e. The number of rotatable bonds is 6. The zero-order valence-corrected chi connectivity index (χ0v) is 17.2. The highest BCUT2D eigenvalue weighted by Crippen LogP contribution is 2.43. The maximum Gasteiger partial charge on any atom is 0.273 e. The Morgan fingerprint density at radius 2 is 1.84 bits per heavy atom. The summed E-state index contributed by atoms with van der Waals surface area (Å²) in [5.41, 5.74) is 5.22. The van der Waals surface area contributed by atoms with Gasteiger partial charge in [-0.15, -0.1) is 0 Å². The van der Waals surface area contributed by atoms with Crippen LogP contribution in [0.1, 0.15) is 40.1 Å². The summed E-state index contributed by atoms with van der Waals surface area (Å²) in [5, 5.41) is 7.51. The molecular weight excluding hydrogens is 388 g/mol. The Kier molecular flexibility index (Phi) is 4.96. The lowest BCUT2D eigenvalue weighted by molar-refractivity contribution is 0.0730. The Bertz CT molecular complexity index is 1190. The normalized spacial score (nSPS) is 15.2. The van der Waals surface area contributed by atoms with Crippen molar-refractivity contribution in [2.45, 2.75) is 19.5 Å². The van der Waals surface area contributed by atoms with Gasteiger partial charge in [0, 0.05) is 30.1 Å². The first-order chi connectivity index (χ1) is 15.3. The number of benzene rings is 2. The molecule has 1 aliphatic rings. The first-order valence-corrected chi connectivity index (χ1v) is 10.3. The number of fused-ring (bicyclic) bond motifs is 1. The van der Waals surface area contributed by atoms with Crippen LogP contribution in [0, 0.1) is 0 Å². The summed E-state index contributed by atoms with van der Waals surface area (Å²) in [4.78, 5) is 19.5. The largest absolute Gasteiger partial charge is 0.494 e. The molecule has 1 atom stereocenters. The molecule has 6 heteroatoms. The minimum Gasteiger partial charge on any atom is -0.494 e. The third kappa shape index (κ3) is 3.46. The fraction of sp³-hybridized carbons (Fsp3) is 0.160. The molecule has 1 amide bonds. The van der Waals surface area contributed by atoms with Crippen LogP contribution in [0.2, 0.25) is 0 Å². The van der Waals surface area contributed by atoms with Crippen LogP contribution in [-0.2, 0) is 6.54 Å². The van der Waals surface area contributed by atoms with Crippen LogP contribution >= 0.6 is 0 Å². The van der Waals surface area contributed by atoms with E-state index in [-0.39, 0.29) is 11.9 Å². The predicted octanol–water partition coefficient (Wildman–Crippen LogP) is 4.62. The van der Waals surface area contributed by atoms with Gasteiger partial charge in [-0.1, -0.05) is 48.5 Å². The van der Waals surface area contributed by atoms with E-state index in [0.29, 0.717) is 18.8 Å². The Morgan fingerprint density at radius 1 is 1.03 bits per heavy atom. The Morgan fingerprint density at radius 3 is 2.55 bits per heavy atom. The van der Waals surface area contributed by atoms with Crippen molar-refractivity contribution in [3.05, 3.63) is 102 Å². The second kappa shape index (κ2) is 8.07. The molecule has 1 aliphatic heterocycles. The van der Waals surface area contributed by atoms with Gasteiger partial charge >= 0.3 is 0 Å². The van der Waals surface area contributed by atoms with Gasteiger partial charge in [-0.25, -0.2) is 0 Å². The summed E-state index contributed by atoms with van der Waals surface area (Å²) in [6, 6.07) is 21.5. The first-order valence-electron chi connectivity index (χ1n) is 10.3. The van der Waals surface area contributed by atoms with Crippen molar-refractivity contribution in [1.82, 2.24) is 20.1 Å². The molecule has 0 saturated carbocycles. The molecule has 31 heavy (non-hydrogen) atoms. The van der Waals surface area contributed by atoms with Gasteiger partial charge in [-0.3, -0.25) is 14.9 Å². The number of hydrogen-bond acceptors (Lipinski definition) is 4. The summed E-state index contributed by atoms with van der Waals surface area (Å²) in [5.74, 6) is 0.748. The molecule has 2 aromatic carbocycles. The summed E-state index contributed by atoms with van der Waals surface area (Å²) in [6.45, 7) is 3.03. The third-order valence-corrected chi connectivity index (χ3v) is 5.49. The van der Waals surface area contributed by atoms with Gasteiger partial charge in [0.1, 0.15) is 11.4 Å². The maximum atomic E-state index is 13.4. The van der Waals surface area contributed by atoms with Crippen LogP contribution in [0.4, 0.5) is 0 Å². The van der Waals surface area contributed by atoms with E-state index in [1.165, 1.54) is 0 Å². The van der Waals surface area contributed by atoms with Gasteiger partial charge in [-0.05, 0) is 36.2 Å². The number of amides is 1. The molecule has 3 heterocycles. The highest BCUT2D eigenvalue weighted by Gasteiger charge is 2.42. The van der Waals surface area contributed by atoms with Crippen molar-refractivity contribution in [1.29, 1.82) is 0 Å². The van der Waals surface area contributed by atoms with Gasteiger partial charge in [-0.2, -0.15) is 5.10 Å². The number of carbonyl (C=O) groups excluding carboxylic acids is 1. The second-order valence-corrected chi connectivity index (χ2v) is 7.43. The first kappa shape index (κ1) is 19.1. The van der Waals surface area contributed by atoms with Crippen LogP contribution in [0.25, 0.3) is 11.3 Å². The second-order valence-electron chi connectivity index (χ2n) is 7.43. The summed E-state index contributed by atoms with van der Waals surface area (Å²) < 4.78 is 5.61. The molecule has 0 fully saturated rings. The van der Waals surface area contributed by atoms with Crippen LogP contribution < -0.4 is 4.74 Å². The molecule has 0 spiro atoms. The van der Waals surface area contributed by atoms with Gasteiger partial charge in [0.2, 0.25) is 0 Å². The average molecular weight is 410 g/mol. The third-order valence-electron chi connectivity index (χ3n) is 5.49. The molecule has 6 nitrogen and oxygen atoms in total. The fourth-order valence-electron chi connectivity index (χ4n) is 4.12. The monoisotopic (exact) mass is 410 g/mol. The van der Waals surface area contributed by atoms with Gasteiger partial charge < -0.3 is 9.64 Å². The van der Waals surface area contributed by atoms with E-state index in [4.69, 9.17) is 4.74 Å². The number of aromatic nitrogens is 3. The molecule has 5 rings (SSSR count). The standard InChI is InChI=1S/C25H22N4O2/c1-2-31-20-12-10-19(11-13-20)24-21-22(18-8-4-3-5-9-18)27-28-23(21)25(30)29(24)16-17-7-6-14-26-15-17/h3-15,24H,2,16H2,1H3,(H,27,28). The van der Waals surface area contributed by atoms with E-state index < -0.39 is 0 Å². The number of pyridine rings is 1. The Hall–Kier alpha value is -3.93. The lowest BCUT2D eigenvalue weighted by atomic mass is 9.96. The predicted molar refractivity (Wildman–Crippen MR) is 118 cm³/mol. The van der Waals surface area contributed by atoms with E-state index in [1.807, 2.05) is 78.6 Å². The molecule has 1 unspecified atom stereocenters. The molecule has 154 valence electrons. The van der Waals surface area contributed by atoms with Crippen molar-refractivity contribution in [2.75, 3.05) is 6.61 Å². The summed E-state index contributed by atoms with van der Waals surface area (Å²) in [6.07, 6.45) is 3.53. The van der Waals surface area contributed by atoms with E-state index in [2.05, 4.69) is 15.2 Å². The summed E-state index contributed by atoms with van der Waals surface area (Å²) in [7, 11) is 0. The average Bonchev–Trinajstić information content (AvgIpc) is 3.35. The van der Waals surface area contributed by atoms with Crippen LogP contribution in [0.5, 0.6) is 5.75 Å². The number of H-pyrrole nitrogens is 1. The van der Waals surface area contributed by atoms with Crippen molar-refractivity contribution < 1.29 is 9.53 Å². The van der Waals surface area contributed by atoms with Gasteiger partial charge in [0.15, 0.2) is 0 Å². The topological polar surface area (TPSA) is 71.1 Å². The molecule has 0 saturated heterocycles. The molecule has 0 radical (unpaired) electrons. The highest BCUT2D eigenvalue weighted by molar-refractivity contribution is 6.00. The Labute approximate surface area is 180 Å². The molecule has 0 bridgehead atoms. The fourth-order valence-corrected chi connectivity index (χ4v) is 4.12. The quantitative estimate of drug-likeness (QED) is 0.504. The van der Waals surface area contributed by atoms with Crippen molar-refractivity contribution in [3.8, 4) is 17.0 Å². The van der Waals surface area contributed by atoms with E-state index in [9.17, 15) is 4.79 Å². The van der Waals surface area contributed by atoms with Gasteiger partial charge in [0.25, 0.3) is 5.91 Å². The molecule has 4 aromatic rings. The van der Waals surface area contributed by atoms with E-state index in [1.54, 1.807) is 12.4 Å². The molecule has 1 N–H and O–H groups in total. The lowest BCUT2D eigenvalue weighted by Crippen LogP contribution is -2.29. The van der Waals surface area contributed by atoms with Crippen molar-refractivity contribution in [2.24, 2.45) is 0 Å². The van der Waals surface area contributed by atoms with E-state index >= 15 is 0 Å². The molecule has 0 aliphatic carbocycles. The highest BCUT2D eigenvalue weighted by atomic mass is 16.5. The number of nitrogens with zero attached hydrogens (tertiary/aromatic N) is 3.